The first-order chi connectivity index (χ1) is 12.1. The molecular weight excluding hydrogens is 314 g/mol. The number of benzene rings is 2. The van der Waals surface area contributed by atoms with Crippen LogP contribution in [0.3, 0.4) is 0 Å². The van der Waals surface area contributed by atoms with Gasteiger partial charge in [-0.2, -0.15) is 0 Å². The Labute approximate surface area is 148 Å². The van der Waals surface area contributed by atoms with E-state index in [1.54, 1.807) is 7.11 Å². The second kappa shape index (κ2) is 7.43. The van der Waals surface area contributed by atoms with Gasteiger partial charge in [-0.1, -0.05) is 30.3 Å². The van der Waals surface area contributed by atoms with Gasteiger partial charge in [0.05, 0.1) is 7.11 Å². The summed E-state index contributed by atoms with van der Waals surface area (Å²) in [5.41, 5.74) is 3.28. The number of allylic oxidation sites excluding steroid dienone is 1. The van der Waals surface area contributed by atoms with Crippen LogP contribution in [0.25, 0.3) is 0 Å². The van der Waals surface area contributed by atoms with Crippen LogP contribution in [-0.4, -0.2) is 25.7 Å². The van der Waals surface area contributed by atoms with Crippen LogP contribution in [0.1, 0.15) is 18.1 Å². The van der Waals surface area contributed by atoms with Crippen molar-refractivity contribution in [3.05, 3.63) is 66.2 Å². The lowest BCUT2D eigenvalue weighted by molar-refractivity contribution is -0.120. The van der Waals surface area contributed by atoms with Gasteiger partial charge in [0.2, 0.25) is 0 Å². The maximum Gasteiger partial charge on any atom is 0.265 e. The number of hydrogen-bond acceptors (Lipinski definition) is 3. The highest BCUT2D eigenvalue weighted by Crippen LogP contribution is 2.32. The van der Waals surface area contributed by atoms with Gasteiger partial charge < -0.3 is 14.4 Å². The molecule has 0 aliphatic carbocycles. The molecule has 0 bridgehead atoms. The van der Waals surface area contributed by atoms with Crippen molar-refractivity contribution in [3.8, 4) is 11.5 Å². The van der Waals surface area contributed by atoms with Crippen molar-refractivity contribution >= 4 is 11.6 Å². The number of anilines is 1. The van der Waals surface area contributed by atoms with Gasteiger partial charge in [-0.05, 0) is 49.1 Å². The van der Waals surface area contributed by atoms with Gasteiger partial charge in [-0.15, -0.1) is 6.58 Å². The second-order valence-electron chi connectivity index (χ2n) is 6.21. The quantitative estimate of drug-likeness (QED) is 0.753. The first kappa shape index (κ1) is 17.1. The summed E-state index contributed by atoms with van der Waals surface area (Å²) in [6, 6.07) is 13.9. The Kier molecular flexibility index (Phi) is 5.08. The first-order valence-electron chi connectivity index (χ1n) is 8.44. The topological polar surface area (TPSA) is 38.8 Å². The van der Waals surface area contributed by atoms with E-state index in [-0.39, 0.29) is 18.6 Å². The van der Waals surface area contributed by atoms with E-state index >= 15 is 0 Å². The Morgan fingerprint density at radius 3 is 2.84 bits per heavy atom. The highest BCUT2D eigenvalue weighted by atomic mass is 16.5. The lowest BCUT2D eigenvalue weighted by Crippen LogP contribution is -2.39. The molecule has 25 heavy (non-hydrogen) atoms. The van der Waals surface area contributed by atoms with E-state index in [1.807, 2.05) is 47.4 Å². The number of hydrogen-bond donors (Lipinski definition) is 0. The molecular formula is C21H23NO3. The molecule has 130 valence electrons. The Balaban J connectivity index is 1.71. The molecule has 1 unspecified atom stereocenters. The summed E-state index contributed by atoms with van der Waals surface area (Å²) in [7, 11) is 1.60. The molecule has 2 aromatic rings. The molecule has 2 aromatic carbocycles. The molecule has 0 fully saturated rings. The minimum Gasteiger partial charge on any atom is -0.493 e. The van der Waals surface area contributed by atoms with E-state index < -0.39 is 0 Å². The van der Waals surface area contributed by atoms with Gasteiger partial charge in [-0.25, -0.2) is 0 Å². The average molecular weight is 337 g/mol. The van der Waals surface area contributed by atoms with Crippen molar-refractivity contribution in [3.63, 3.8) is 0 Å². The molecule has 0 saturated carbocycles. The third-order valence-electron chi connectivity index (χ3n) is 4.44. The fraction of sp³-hybridized carbons (Fsp3) is 0.286. The highest BCUT2D eigenvalue weighted by molar-refractivity contribution is 5.97. The number of fused-ring (bicyclic) bond motifs is 1. The van der Waals surface area contributed by atoms with E-state index in [2.05, 4.69) is 19.6 Å². The summed E-state index contributed by atoms with van der Waals surface area (Å²) in [4.78, 5) is 14.5. The summed E-state index contributed by atoms with van der Waals surface area (Å²) < 4.78 is 11.1. The second-order valence-corrected chi connectivity index (χ2v) is 6.21. The summed E-state index contributed by atoms with van der Waals surface area (Å²) in [5.74, 6) is 1.15. The number of amides is 1. The van der Waals surface area contributed by atoms with E-state index in [9.17, 15) is 4.79 Å². The third-order valence-corrected chi connectivity index (χ3v) is 4.44. The fourth-order valence-corrected chi connectivity index (χ4v) is 3.28. The fourth-order valence-electron chi connectivity index (χ4n) is 3.28. The summed E-state index contributed by atoms with van der Waals surface area (Å²) in [6.45, 7) is 5.78. The zero-order valence-electron chi connectivity index (χ0n) is 14.7. The molecule has 1 amide bonds. The predicted octanol–water partition coefficient (Wildman–Crippen LogP) is 3.78. The van der Waals surface area contributed by atoms with Crippen LogP contribution in [0.4, 0.5) is 5.69 Å². The van der Waals surface area contributed by atoms with E-state index in [0.29, 0.717) is 11.5 Å². The molecule has 4 heteroatoms. The number of nitrogens with zero attached hydrogens (tertiary/aromatic N) is 1. The number of para-hydroxylation sites is 1. The minimum atomic E-state index is -0.0466. The highest BCUT2D eigenvalue weighted by Gasteiger charge is 2.30. The number of carbonyl (C=O) groups excluding carboxylic acids is 1. The van der Waals surface area contributed by atoms with E-state index in [4.69, 9.17) is 9.47 Å². The first-order valence-corrected chi connectivity index (χ1v) is 8.44. The average Bonchev–Trinajstić information content (AvgIpc) is 2.96. The van der Waals surface area contributed by atoms with Crippen molar-refractivity contribution in [1.29, 1.82) is 0 Å². The maximum atomic E-state index is 12.7. The molecule has 1 aliphatic heterocycles. The Morgan fingerprint density at radius 2 is 2.08 bits per heavy atom. The summed E-state index contributed by atoms with van der Waals surface area (Å²) in [6.07, 6.45) is 3.48. The number of rotatable bonds is 6. The van der Waals surface area contributed by atoms with Crippen molar-refractivity contribution in [2.24, 2.45) is 0 Å². The zero-order chi connectivity index (χ0) is 17.8. The van der Waals surface area contributed by atoms with Gasteiger partial charge in [0.1, 0.15) is 0 Å². The van der Waals surface area contributed by atoms with Crippen LogP contribution < -0.4 is 14.4 Å². The van der Waals surface area contributed by atoms with Crippen LogP contribution in [0.15, 0.2) is 55.1 Å². The van der Waals surface area contributed by atoms with Crippen LogP contribution in [-0.2, 0) is 17.6 Å². The number of ether oxygens (including phenoxy) is 2. The van der Waals surface area contributed by atoms with Gasteiger partial charge in [-0.3, -0.25) is 4.79 Å². The predicted molar refractivity (Wildman–Crippen MR) is 99.5 cm³/mol. The molecule has 0 spiro atoms. The van der Waals surface area contributed by atoms with Crippen LogP contribution in [0, 0.1) is 0 Å². The van der Waals surface area contributed by atoms with Gasteiger partial charge in [0.25, 0.3) is 5.91 Å². The smallest absolute Gasteiger partial charge is 0.265 e. The van der Waals surface area contributed by atoms with Crippen molar-refractivity contribution in [1.82, 2.24) is 0 Å². The molecule has 3 rings (SSSR count). The standard InChI is InChI=1S/C21H23NO3/c1-4-7-16-10-11-19(20(13-16)24-3)25-14-21(23)22-15(2)12-17-8-5-6-9-18(17)22/h4-6,8-11,13,15H,1,7,12,14H2,2-3H3. The minimum absolute atomic E-state index is 0.0180. The largest absolute Gasteiger partial charge is 0.493 e. The molecule has 0 saturated heterocycles. The SMILES string of the molecule is C=CCc1ccc(OCC(=O)N2c3ccccc3CC2C)c(OC)c1. The van der Waals surface area contributed by atoms with E-state index in [1.165, 1.54) is 5.56 Å². The van der Waals surface area contributed by atoms with Gasteiger partial charge >= 0.3 is 0 Å². The molecule has 0 radical (unpaired) electrons. The molecule has 4 nitrogen and oxygen atoms in total. The summed E-state index contributed by atoms with van der Waals surface area (Å²) in [5, 5.41) is 0. The maximum absolute atomic E-state index is 12.7. The Bertz CT molecular complexity index is 784. The van der Waals surface area contributed by atoms with Crippen LogP contribution in [0.2, 0.25) is 0 Å². The molecule has 1 aliphatic rings. The van der Waals surface area contributed by atoms with Gasteiger partial charge in [0.15, 0.2) is 18.1 Å². The van der Waals surface area contributed by atoms with Crippen molar-refractivity contribution < 1.29 is 14.3 Å². The molecule has 0 aromatic heterocycles. The van der Waals surface area contributed by atoms with Crippen LogP contribution in [0.5, 0.6) is 11.5 Å². The number of methoxy groups -OCH3 is 1. The lowest BCUT2D eigenvalue weighted by atomic mass is 10.1. The van der Waals surface area contributed by atoms with Crippen LogP contribution >= 0.6 is 0 Å². The normalized spacial score (nSPS) is 15.6. The zero-order valence-corrected chi connectivity index (χ0v) is 14.7. The third kappa shape index (κ3) is 3.53. The van der Waals surface area contributed by atoms with Crippen molar-refractivity contribution in [2.45, 2.75) is 25.8 Å². The van der Waals surface area contributed by atoms with E-state index in [0.717, 1.165) is 24.1 Å². The molecule has 1 heterocycles. The van der Waals surface area contributed by atoms with Crippen molar-refractivity contribution in [2.75, 3.05) is 18.6 Å². The monoisotopic (exact) mass is 337 g/mol. The lowest BCUT2D eigenvalue weighted by Gasteiger charge is -2.23. The Morgan fingerprint density at radius 1 is 1.28 bits per heavy atom. The molecule has 0 N–H and O–H groups in total. The summed E-state index contributed by atoms with van der Waals surface area (Å²) >= 11 is 0. The molecule has 1 atom stereocenters. The Hall–Kier alpha value is -2.75. The number of carbonyl (C=O) groups is 1. The van der Waals surface area contributed by atoms with Gasteiger partial charge in [0, 0.05) is 11.7 Å².